The molecular formula is C23H23ClFN3O2. The van der Waals surface area contributed by atoms with Crippen LogP contribution in [0.25, 0.3) is 0 Å². The number of hydrogen-bond acceptors (Lipinski definition) is 4. The van der Waals surface area contributed by atoms with E-state index in [0.29, 0.717) is 29.8 Å². The minimum atomic E-state index is -0.289. The number of rotatable bonds is 7. The molecule has 7 heteroatoms. The molecule has 0 N–H and O–H groups in total. The van der Waals surface area contributed by atoms with Crippen molar-refractivity contribution in [2.24, 2.45) is 0 Å². The van der Waals surface area contributed by atoms with Crippen LogP contribution in [0.4, 0.5) is 4.39 Å². The van der Waals surface area contributed by atoms with Gasteiger partial charge in [0.05, 0.1) is 5.41 Å². The summed E-state index contributed by atoms with van der Waals surface area (Å²) in [7, 11) is 1.73. The first-order valence-electron chi connectivity index (χ1n) is 10.0. The standard InChI is InChI=1S/C23H23ClFN3O2/c1-28(15-16-3-9-19(25)10-4-16)21(29)12-11-20-26-27-22(30-20)23(13-2-14-23)17-5-7-18(24)8-6-17/h3-10H,2,11-15H2,1H3. The van der Waals surface area contributed by atoms with Crippen molar-refractivity contribution < 1.29 is 13.6 Å². The van der Waals surface area contributed by atoms with Crippen molar-refractivity contribution in [2.75, 3.05) is 7.05 Å². The van der Waals surface area contributed by atoms with E-state index in [2.05, 4.69) is 10.2 Å². The Kier molecular flexibility index (Phi) is 5.86. The monoisotopic (exact) mass is 427 g/mol. The number of carbonyl (C=O) groups is 1. The SMILES string of the molecule is CN(Cc1ccc(F)cc1)C(=O)CCc1nnc(C2(c3ccc(Cl)cc3)CCC2)o1. The third kappa shape index (κ3) is 4.24. The third-order valence-electron chi connectivity index (χ3n) is 5.79. The molecule has 30 heavy (non-hydrogen) atoms. The van der Waals surface area contributed by atoms with Gasteiger partial charge in [0, 0.05) is 31.5 Å². The van der Waals surface area contributed by atoms with Crippen molar-refractivity contribution in [2.45, 2.75) is 44.1 Å². The Morgan fingerprint density at radius 2 is 1.83 bits per heavy atom. The van der Waals surface area contributed by atoms with Crippen molar-refractivity contribution in [3.63, 3.8) is 0 Å². The van der Waals surface area contributed by atoms with Crippen LogP contribution in [0.2, 0.25) is 5.02 Å². The molecule has 0 aliphatic heterocycles. The van der Waals surface area contributed by atoms with E-state index < -0.39 is 0 Å². The summed E-state index contributed by atoms with van der Waals surface area (Å²) in [6.07, 6.45) is 3.67. The van der Waals surface area contributed by atoms with E-state index in [1.807, 2.05) is 24.3 Å². The fourth-order valence-corrected chi connectivity index (χ4v) is 3.96. The zero-order valence-corrected chi connectivity index (χ0v) is 17.5. The molecule has 0 radical (unpaired) electrons. The highest BCUT2D eigenvalue weighted by Crippen LogP contribution is 2.48. The number of benzene rings is 2. The molecular weight excluding hydrogens is 405 g/mol. The quantitative estimate of drug-likeness (QED) is 0.536. The average Bonchev–Trinajstić information content (AvgIpc) is 3.17. The fourth-order valence-electron chi connectivity index (χ4n) is 3.83. The number of halogens is 2. The summed E-state index contributed by atoms with van der Waals surface area (Å²) >= 11 is 6.02. The number of aromatic nitrogens is 2. The van der Waals surface area contributed by atoms with Crippen molar-refractivity contribution in [3.8, 4) is 0 Å². The van der Waals surface area contributed by atoms with Crippen LogP contribution < -0.4 is 0 Å². The van der Waals surface area contributed by atoms with Gasteiger partial charge in [-0.25, -0.2) is 4.39 Å². The molecule has 0 unspecified atom stereocenters. The Hall–Kier alpha value is -2.73. The van der Waals surface area contributed by atoms with Crippen molar-refractivity contribution in [3.05, 3.63) is 82.3 Å². The van der Waals surface area contributed by atoms with Gasteiger partial charge >= 0.3 is 0 Å². The molecule has 1 amide bonds. The molecule has 1 heterocycles. The van der Waals surface area contributed by atoms with Crippen LogP contribution in [0.1, 0.15) is 48.6 Å². The lowest BCUT2D eigenvalue weighted by Crippen LogP contribution is -2.35. The molecule has 1 saturated carbocycles. The number of carbonyl (C=O) groups excluding carboxylic acids is 1. The minimum absolute atomic E-state index is 0.0323. The fraction of sp³-hybridized carbons (Fsp3) is 0.348. The molecule has 156 valence electrons. The second-order valence-corrected chi connectivity index (χ2v) is 8.26. The molecule has 0 atom stereocenters. The lowest BCUT2D eigenvalue weighted by atomic mass is 9.64. The number of nitrogens with zero attached hydrogens (tertiary/aromatic N) is 3. The van der Waals surface area contributed by atoms with Gasteiger partial charge in [-0.1, -0.05) is 42.3 Å². The zero-order valence-electron chi connectivity index (χ0n) is 16.8. The van der Waals surface area contributed by atoms with Gasteiger partial charge in [0.2, 0.25) is 17.7 Å². The number of aryl methyl sites for hydroxylation is 1. The first-order valence-corrected chi connectivity index (χ1v) is 10.4. The summed E-state index contributed by atoms with van der Waals surface area (Å²) in [5.74, 6) is 0.754. The minimum Gasteiger partial charge on any atom is -0.424 e. The van der Waals surface area contributed by atoms with E-state index in [9.17, 15) is 9.18 Å². The Labute approximate surface area is 179 Å². The van der Waals surface area contributed by atoms with Crippen molar-refractivity contribution >= 4 is 17.5 Å². The summed E-state index contributed by atoms with van der Waals surface area (Å²) in [4.78, 5) is 14.1. The van der Waals surface area contributed by atoms with E-state index in [4.69, 9.17) is 16.0 Å². The maximum atomic E-state index is 13.0. The number of hydrogen-bond donors (Lipinski definition) is 0. The largest absolute Gasteiger partial charge is 0.424 e. The smallest absolute Gasteiger partial charge is 0.227 e. The third-order valence-corrected chi connectivity index (χ3v) is 6.04. The molecule has 1 aromatic heterocycles. The molecule has 5 nitrogen and oxygen atoms in total. The van der Waals surface area contributed by atoms with Crippen LogP contribution >= 0.6 is 11.6 Å². The Bertz CT molecular complexity index is 1010. The average molecular weight is 428 g/mol. The van der Waals surface area contributed by atoms with Crippen LogP contribution in [-0.2, 0) is 23.2 Å². The molecule has 1 aliphatic carbocycles. The van der Waals surface area contributed by atoms with Crippen LogP contribution in [0, 0.1) is 5.82 Å². The molecule has 1 fully saturated rings. The highest BCUT2D eigenvalue weighted by atomic mass is 35.5. The van der Waals surface area contributed by atoms with Crippen molar-refractivity contribution in [1.82, 2.24) is 15.1 Å². The second kappa shape index (κ2) is 8.56. The summed E-state index contributed by atoms with van der Waals surface area (Å²) in [5, 5.41) is 9.17. The van der Waals surface area contributed by atoms with Gasteiger partial charge in [-0.05, 0) is 48.2 Å². The van der Waals surface area contributed by atoms with E-state index in [1.165, 1.54) is 12.1 Å². The predicted octanol–water partition coefficient (Wildman–Crippen LogP) is 4.92. The van der Waals surface area contributed by atoms with Gasteiger partial charge in [-0.15, -0.1) is 10.2 Å². The van der Waals surface area contributed by atoms with Gasteiger partial charge < -0.3 is 9.32 Å². The molecule has 1 aliphatic rings. The Morgan fingerprint density at radius 1 is 1.13 bits per heavy atom. The Morgan fingerprint density at radius 3 is 2.47 bits per heavy atom. The maximum absolute atomic E-state index is 13.0. The lowest BCUT2D eigenvalue weighted by molar-refractivity contribution is -0.130. The number of amides is 1. The van der Waals surface area contributed by atoms with Crippen LogP contribution in [-0.4, -0.2) is 28.1 Å². The van der Waals surface area contributed by atoms with E-state index >= 15 is 0 Å². The maximum Gasteiger partial charge on any atom is 0.227 e. The highest BCUT2D eigenvalue weighted by molar-refractivity contribution is 6.30. The van der Waals surface area contributed by atoms with Gasteiger partial charge in [0.25, 0.3) is 0 Å². The van der Waals surface area contributed by atoms with E-state index in [-0.39, 0.29) is 23.6 Å². The molecule has 4 rings (SSSR count). The summed E-state index contributed by atoms with van der Waals surface area (Å²) in [6, 6.07) is 13.9. The van der Waals surface area contributed by atoms with Crippen molar-refractivity contribution in [1.29, 1.82) is 0 Å². The van der Waals surface area contributed by atoms with E-state index in [0.717, 1.165) is 30.4 Å². The highest BCUT2D eigenvalue weighted by Gasteiger charge is 2.45. The van der Waals surface area contributed by atoms with Gasteiger partial charge in [-0.3, -0.25) is 4.79 Å². The zero-order chi connectivity index (χ0) is 21.1. The summed E-state index contributed by atoms with van der Waals surface area (Å²) in [6.45, 7) is 0.424. The first kappa shape index (κ1) is 20.5. The molecule has 0 bridgehead atoms. The van der Waals surface area contributed by atoms with Gasteiger partial charge in [0.15, 0.2) is 0 Å². The molecule has 0 saturated heterocycles. The summed E-state index contributed by atoms with van der Waals surface area (Å²) in [5.41, 5.74) is 1.75. The topological polar surface area (TPSA) is 59.2 Å². The van der Waals surface area contributed by atoms with Crippen LogP contribution in [0.5, 0.6) is 0 Å². The first-order chi connectivity index (χ1) is 14.5. The van der Waals surface area contributed by atoms with Gasteiger partial charge in [-0.2, -0.15) is 0 Å². The predicted molar refractivity (Wildman–Crippen MR) is 112 cm³/mol. The molecule has 0 spiro atoms. The van der Waals surface area contributed by atoms with Crippen LogP contribution in [0.3, 0.4) is 0 Å². The Balaban J connectivity index is 1.37. The molecule has 2 aromatic carbocycles. The van der Waals surface area contributed by atoms with E-state index in [1.54, 1.807) is 24.1 Å². The normalized spacial score (nSPS) is 14.9. The second-order valence-electron chi connectivity index (χ2n) is 7.82. The lowest BCUT2D eigenvalue weighted by Gasteiger charge is -2.39. The van der Waals surface area contributed by atoms with Crippen LogP contribution in [0.15, 0.2) is 52.9 Å². The molecule has 3 aromatic rings. The summed E-state index contributed by atoms with van der Waals surface area (Å²) < 4.78 is 19.0. The van der Waals surface area contributed by atoms with Gasteiger partial charge in [0.1, 0.15) is 5.82 Å².